The number of carbonyl (C=O) groups is 3. The first-order valence-corrected chi connectivity index (χ1v) is 11.7. The van der Waals surface area contributed by atoms with E-state index in [9.17, 15) is 14.4 Å². The number of benzene rings is 2. The molecule has 0 saturated heterocycles. The van der Waals surface area contributed by atoms with E-state index in [1.54, 1.807) is 27.7 Å². The normalized spacial score (nSPS) is 12.9. The van der Waals surface area contributed by atoms with Gasteiger partial charge in [0.1, 0.15) is 17.7 Å². The highest BCUT2D eigenvalue weighted by Crippen LogP contribution is 2.24. The Labute approximate surface area is 202 Å². The average molecular weight is 468 g/mol. The van der Waals surface area contributed by atoms with Crippen LogP contribution in [0.15, 0.2) is 54.6 Å². The maximum absolute atomic E-state index is 13.5. The summed E-state index contributed by atoms with van der Waals surface area (Å²) in [4.78, 5) is 40.7. The van der Waals surface area contributed by atoms with Gasteiger partial charge in [-0.15, -0.1) is 0 Å². The molecule has 34 heavy (non-hydrogen) atoms. The molecule has 0 radical (unpaired) electrons. The van der Waals surface area contributed by atoms with Crippen molar-refractivity contribution in [2.75, 3.05) is 6.54 Å². The number of amides is 3. The van der Waals surface area contributed by atoms with Crippen LogP contribution in [0.5, 0.6) is 0 Å². The van der Waals surface area contributed by atoms with Crippen LogP contribution >= 0.6 is 0 Å². The van der Waals surface area contributed by atoms with Gasteiger partial charge >= 0.3 is 6.09 Å². The van der Waals surface area contributed by atoms with E-state index in [0.29, 0.717) is 25.1 Å². The minimum absolute atomic E-state index is 0.279. The zero-order valence-corrected chi connectivity index (χ0v) is 21.1. The number of nitrogens with one attached hydrogen (secondary N) is 2. The molecule has 2 N–H and O–H groups in total. The second-order valence-electron chi connectivity index (χ2n) is 9.42. The van der Waals surface area contributed by atoms with Crippen molar-refractivity contribution in [1.29, 1.82) is 0 Å². The van der Waals surface area contributed by atoms with Crippen LogP contribution in [-0.4, -0.2) is 41.0 Å². The standard InChI is InChI=1S/C27H37N3O4/c1-7-17-30(25(32)20(3)29-26(33)34-27(4,5)6)23(22-15-13-19(2)14-16-22)24(31)28-18-21-11-9-8-10-12-21/h8-16,20,23H,7,17-18H2,1-6H3,(H,28,31)(H,29,33). The Morgan fingerprint density at radius 1 is 1.00 bits per heavy atom. The van der Waals surface area contributed by atoms with Crippen molar-refractivity contribution in [3.8, 4) is 0 Å². The molecule has 0 aliphatic rings. The second kappa shape index (κ2) is 12.2. The molecule has 0 heterocycles. The summed E-state index contributed by atoms with van der Waals surface area (Å²) in [6.45, 7) is 11.5. The zero-order chi connectivity index (χ0) is 25.3. The minimum Gasteiger partial charge on any atom is -0.444 e. The third-order valence-electron chi connectivity index (χ3n) is 5.11. The average Bonchev–Trinajstić information content (AvgIpc) is 2.77. The molecule has 0 aliphatic carbocycles. The Balaban J connectivity index is 2.29. The Hall–Kier alpha value is -3.35. The van der Waals surface area contributed by atoms with Crippen molar-refractivity contribution in [1.82, 2.24) is 15.5 Å². The van der Waals surface area contributed by atoms with Crippen LogP contribution in [0, 0.1) is 6.92 Å². The third-order valence-corrected chi connectivity index (χ3v) is 5.11. The molecule has 0 saturated carbocycles. The molecule has 7 heteroatoms. The van der Waals surface area contributed by atoms with E-state index in [2.05, 4.69) is 10.6 Å². The summed E-state index contributed by atoms with van der Waals surface area (Å²) in [5.41, 5.74) is 2.05. The predicted molar refractivity (Wildman–Crippen MR) is 133 cm³/mol. The molecule has 0 aliphatic heterocycles. The van der Waals surface area contributed by atoms with E-state index >= 15 is 0 Å². The molecule has 0 fully saturated rings. The van der Waals surface area contributed by atoms with E-state index in [-0.39, 0.29) is 11.8 Å². The van der Waals surface area contributed by atoms with Crippen LogP contribution < -0.4 is 10.6 Å². The summed E-state index contributed by atoms with van der Waals surface area (Å²) in [6, 6.07) is 15.5. The number of rotatable bonds is 9. The van der Waals surface area contributed by atoms with Crippen LogP contribution in [0.25, 0.3) is 0 Å². The molecule has 0 bridgehead atoms. The Morgan fingerprint density at radius 3 is 2.18 bits per heavy atom. The van der Waals surface area contributed by atoms with Gasteiger partial charge in [-0.2, -0.15) is 0 Å². The van der Waals surface area contributed by atoms with Gasteiger partial charge in [-0.25, -0.2) is 4.79 Å². The van der Waals surface area contributed by atoms with Crippen molar-refractivity contribution in [3.05, 3.63) is 71.3 Å². The highest BCUT2D eigenvalue weighted by Gasteiger charge is 2.34. The SMILES string of the molecule is CCCN(C(=O)C(C)NC(=O)OC(C)(C)C)C(C(=O)NCc1ccccc1)c1ccc(C)cc1. The highest BCUT2D eigenvalue weighted by atomic mass is 16.6. The van der Waals surface area contributed by atoms with Gasteiger partial charge in [0.05, 0.1) is 0 Å². The minimum atomic E-state index is -0.865. The van der Waals surface area contributed by atoms with Crippen molar-refractivity contribution in [2.24, 2.45) is 0 Å². The van der Waals surface area contributed by atoms with E-state index in [0.717, 1.165) is 11.1 Å². The fraction of sp³-hybridized carbons (Fsp3) is 0.444. The second-order valence-corrected chi connectivity index (χ2v) is 9.42. The molecule has 0 spiro atoms. The fourth-order valence-corrected chi connectivity index (χ4v) is 3.51. The molecule has 2 aromatic carbocycles. The molecular formula is C27H37N3O4. The van der Waals surface area contributed by atoms with Crippen LogP contribution in [0.1, 0.15) is 63.8 Å². The summed E-state index contributed by atoms with van der Waals surface area (Å²) in [7, 11) is 0. The number of aryl methyl sites for hydroxylation is 1. The Bertz CT molecular complexity index is 952. The summed E-state index contributed by atoms with van der Waals surface area (Å²) in [5, 5.41) is 5.58. The Kier molecular flexibility index (Phi) is 9.66. The first-order valence-electron chi connectivity index (χ1n) is 11.7. The Morgan fingerprint density at radius 2 is 1.62 bits per heavy atom. The number of nitrogens with zero attached hydrogens (tertiary/aromatic N) is 1. The summed E-state index contributed by atoms with van der Waals surface area (Å²) in [6.07, 6.45) is -0.0237. The van der Waals surface area contributed by atoms with E-state index in [1.165, 1.54) is 4.90 Å². The largest absolute Gasteiger partial charge is 0.444 e. The summed E-state index contributed by atoms with van der Waals surface area (Å²) in [5.74, 6) is -0.632. The van der Waals surface area contributed by atoms with Crippen LogP contribution in [-0.2, 0) is 20.9 Å². The van der Waals surface area contributed by atoms with Crippen LogP contribution in [0.2, 0.25) is 0 Å². The van der Waals surface area contributed by atoms with Gasteiger partial charge in [0.25, 0.3) is 0 Å². The molecule has 2 aromatic rings. The molecule has 184 valence electrons. The number of hydrogen-bond acceptors (Lipinski definition) is 4. The number of hydrogen-bond donors (Lipinski definition) is 2. The lowest BCUT2D eigenvalue weighted by molar-refractivity contribution is -0.142. The lowest BCUT2D eigenvalue weighted by atomic mass is 10.0. The first kappa shape index (κ1) is 26.9. The number of carbonyl (C=O) groups excluding carboxylic acids is 3. The van der Waals surface area contributed by atoms with E-state index in [1.807, 2.05) is 68.4 Å². The molecule has 7 nitrogen and oxygen atoms in total. The lowest BCUT2D eigenvalue weighted by Crippen LogP contribution is -2.52. The van der Waals surface area contributed by atoms with Crippen molar-refractivity contribution < 1.29 is 19.1 Å². The highest BCUT2D eigenvalue weighted by molar-refractivity contribution is 5.92. The van der Waals surface area contributed by atoms with Gasteiger partial charge < -0.3 is 20.3 Å². The maximum Gasteiger partial charge on any atom is 0.408 e. The topological polar surface area (TPSA) is 87.7 Å². The van der Waals surface area contributed by atoms with Gasteiger partial charge in [0, 0.05) is 13.1 Å². The van der Waals surface area contributed by atoms with Crippen molar-refractivity contribution >= 4 is 17.9 Å². The van der Waals surface area contributed by atoms with Crippen molar-refractivity contribution in [2.45, 2.75) is 72.2 Å². The fourth-order valence-electron chi connectivity index (χ4n) is 3.51. The van der Waals surface area contributed by atoms with E-state index in [4.69, 9.17) is 4.74 Å². The van der Waals surface area contributed by atoms with Crippen molar-refractivity contribution in [3.63, 3.8) is 0 Å². The summed E-state index contributed by atoms with van der Waals surface area (Å²) >= 11 is 0. The molecule has 3 amide bonds. The molecular weight excluding hydrogens is 430 g/mol. The first-order chi connectivity index (χ1) is 16.0. The number of alkyl carbamates (subject to hydrolysis) is 1. The van der Waals surface area contributed by atoms with Crippen LogP contribution in [0.3, 0.4) is 0 Å². The van der Waals surface area contributed by atoms with Crippen LogP contribution in [0.4, 0.5) is 4.79 Å². The molecule has 0 aromatic heterocycles. The monoisotopic (exact) mass is 467 g/mol. The summed E-state index contributed by atoms with van der Waals surface area (Å²) < 4.78 is 5.29. The zero-order valence-electron chi connectivity index (χ0n) is 21.1. The quantitative estimate of drug-likeness (QED) is 0.568. The van der Waals surface area contributed by atoms with Gasteiger partial charge in [0.15, 0.2) is 0 Å². The molecule has 2 rings (SSSR count). The molecule has 2 atom stereocenters. The van der Waals surface area contributed by atoms with E-state index < -0.39 is 23.8 Å². The van der Waals surface area contributed by atoms with Gasteiger partial charge in [-0.1, -0.05) is 67.1 Å². The smallest absolute Gasteiger partial charge is 0.408 e. The van der Waals surface area contributed by atoms with Gasteiger partial charge in [-0.3, -0.25) is 9.59 Å². The van der Waals surface area contributed by atoms with Gasteiger partial charge in [0.2, 0.25) is 11.8 Å². The molecule has 2 unspecified atom stereocenters. The third kappa shape index (κ3) is 8.21. The maximum atomic E-state index is 13.5. The predicted octanol–water partition coefficient (Wildman–Crippen LogP) is 4.50. The lowest BCUT2D eigenvalue weighted by Gasteiger charge is -2.33. The van der Waals surface area contributed by atoms with Gasteiger partial charge in [-0.05, 0) is 52.2 Å². The number of ether oxygens (including phenoxy) is 1.